The van der Waals surface area contributed by atoms with Crippen molar-refractivity contribution in [2.75, 3.05) is 6.61 Å². The van der Waals surface area contributed by atoms with Gasteiger partial charge in [-0.25, -0.2) is 9.37 Å². The molecule has 0 aliphatic heterocycles. The molecule has 0 spiro atoms. The number of aromatic nitrogens is 3. The molecule has 1 aromatic carbocycles. The van der Waals surface area contributed by atoms with Gasteiger partial charge in [0, 0.05) is 7.05 Å². The minimum absolute atomic E-state index is 0.118. The molecule has 2 aromatic rings. The lowest BCUT2D eigenvalue weighted by molar-refractivity contribution is -0.124. The predicted molar refractivity (Wildman–Crippen MR) is 76.5 cm³/mol. The number of amides is 1. The van der Waals surface area contributed by atoms with Gasteiger partial charge >= 0.3 is 0 Å². The van der Waals surface area contributed by atoms with Crippen LogP contribution in [0.4, 0.5) is 4.39 Å². The standard InChI is InChI=1S/C15H17FN4O2/c1-20-15(17-9-18-20)14(10-2-3-10)19-13(21)8-22-12-6-4-11(16)5-7-12/h4-7,9-10,14H,2-3,8H2,1H3,(H,19,21). The Morgan fingerprint density at radius 3 is 2.77 bits per heavy atom. The van der Waals surface area contributed by atoms with Crippen molar-refractivity contribution in [2.45, 2.75) is 18.9 Å². The Labute approximate surface area is 127 Å². The highest BCUT2D eigenvalue weighted by Crippen LogP contribution is 2.40. The fraction of sp³-hybridized carbons (Fsp3) is 0.400. The van der Waals surface area contributed by atoms with Gasteiger partial charge in [-0.15, -0.1) is 0 Å². The molecule has 1 N–H and O–H groups in total. The molecule has 1 atom stereocenters. The predicted octanol–water partition coefficient (Wildman–Crippen LogP) is 1.60. The van der Waals surface area contributed by atoms with Crippen molar-refractivity contribution in [3.8, 4) is 5.75 Å². The van der Waals surface area contributed by atoms with Crippen LogP contribution in [-0.2, 0) is 11.8 Å². The summed E-state index contributed by atoms with van der Waals surface area (Å²) < 4.78 is 19.8. The third kappa shape index (κ3) is 3.41. The van der Waals surface area contributed by atoms with Crippen molar-refractivity contribution in [1.29, 1.82) is 0 Å². The van der Waals surface area contributed by atoms with Crippen molar-refractivity contribution < 1.29 is 13.9 Å². The lowest BCUT2D eigenvalue weighted by Crippen LogP contribution is -2.35. The molecule has 116 valence electrons. The van der Waals surface area contributed by atoms with E-state index in [-0.39, 0.29) is 24.4 Å². The second kappa shape index (κ2) is 6.13. The first-order valence-electron chi connectivity index (χ1n) is 7.15. The molecule has 0 bridgehead atoms. The number of ether oxygens (including phenoxy) is 1. The van der Waals surface area contributed by atoms with Gasteiger partial charge in [-0.05, 0) is 43.0 Å². The van der Waals surface area contributed by atoms with E-state index in [0.717, 1.165) is 18.7 Å². The lowest BCUT2D eigenvalue weighted by Gasteiger charge is -2.17. The molecule has 1 aliphatic carbocycles. The number of benzene rings is 1. The average molecular weight is 304 g/mol. The topological polar surface area (TPSA) is 69.0 Å². The summed E-state index contributed by atoms with van der Waals surface area (Å²) in [6, 6.07) is 5.42. The van der Waals surface area contributed by atoms with Gasteiger partial charge in [0.05, 0.1) is 6.04 Å². The number of aryl methyl sites for hydroxylation is 1. The molecule has 0 saturated heterocycles. The number of nitrogens with zero attached hydrogens (tertiary/aromatic N) is 3. The zero-order valence-corrected chi connectivity index (χ0v) is 12.2. The number of rotatable bonds is 6. The first-order chi connectivity index (χ1) is 10.6. The minimum atomic E-state index is -0.340. The Kier molecular flexibility index (Phi) is 4.04. The molecular formula is C15H17FN4O2. The van der Waals surface area contributed by atoms with Gasteiger partial charge < -0.3 is 10.1 Å². The summed E-state index contributed by atoms with van der Waals surface area (Å²) in [4.78, 5) is 16.3. The number of hydrogen-bond donors (Lipinski definition) is 1. The maximum atomic E-state index is 12.8. The van der Waals surface area contributed by atoms with E-state index < -0.39 is 0 Å². The number of halogens is 1. The van der Waals surface area contributed by atoms with Gasteiger partial charge in [-0.1, -0.05) is 0 Å². The van der Waals surface area contributed by atoms with Crippen LogP contribution in [0, 0.1) is 11.7 Å². The van der Waals surface area contributed by atoms with E-state index in [4.69, 9.17) is 4.74 Å². The summed E-state index contributed by atoms with van der Waals surface area (Å²) in [5.41, 5.74) is 0. The highest BCUT2D eigenvalue weighted by molar-refractivity contribution is 5.78. The second-order valence-electron chi connectivity index (χ2n) is 5.37. The Hall–Kier alpha value is -2.44. The number of hydrogen-bond acceptors (Lipinski definition) is 4. The van der Waals surface area contributed by atoms with E-state index in [1.165, 1.54) is 30.6 Å². The normalized spacial score (nSPS) is 15.4. The zero-order chi connectivity index (χ0) is 15.5. The van der Waals surface area contributed by atoms with Crippen molar-refractivity contribution >= 4 is 5.91 Å². The third-order valence-electron chi connectivity index (χ3n) is 3.62. The smallest absolute Gasteiger partial charge is 0.258 e. The molecule has 6 nitrogen and oxygen atoms in total. The molecular weight excluding hydrogens is 287 g/mol. The first kappa shape index (κ1) is 14.5. The Balaban J connectivity index is 1.58. The van der Waals surface area contributed by atoms with Gasteiger partial charge in [0.25, 0.3) is 5.91 Å². The van der Waals surface area contributed by atoms with Crippen LogP contribution in [0.1, 0.15) is 24.7 Å². The summed E-state index contributed by atoms with van der Waals surface area (Å²) in [6.45, 7) is -0.118. The lowest BCUT2D eigenvalue weighted by atomic mass is 10.1. The highest BCUT2D eigenvalue weighted by Gasteiger charge is 2.36. The summed E-state index contributed by atoms with van der Waals surface area (Å²) >= 11 is 0. The monoisotopic (exact) mass is 304 g/mol. The molecule has 1 heterocycles. The molecule has 1 unspecified atom stereocenters. The van der Waals surface area contributed by atoms with Crippen LogP contribution in [0.25, 0.3) is 0 Å². The van der Waals surface area contributed by atoms with E-state index in [0.29, 0.717) is 11.7 Å². The highest BCUT2D eigenvalue weighted by atomic mass is 19.1. The van der Waals surface area contributed by atoms with E-state index >= 15 is 0 Å². The van der Waals surface area contributed by atoms with E-state index in [2.05, 4.69) is 15.4 Å². The van der Waals surface area contributed by atoms with Gasteiger partial charge in [0.15, 0.2) is 6.61 Å². The Bertz CT molecular complexity index is 652. The van der Waals surface area contributed by atoms with Crippen LogP contribution < -0.4 is 10.1 Å². The van der Waals surface area contributed by atoms with Gasteiger partial charge in [-0.3, -0.25) is 9.48 Å². The summed E-state index contributed by atoms with van der Waals surface area (Å²) in [7, 11) is 1.80. The molecule has 1 amide bonds. The van der Waals surface area contributed by atoms with Gasteiger partial charge in [-0.2, -0.15) is 5.10 Å². The van der Waals surface area contributed by atoms with Crippen LogP contribution in [0.3, 0.4) is 0 Å². The minimum Gasteiger partial charge on any atom is -0.484 e. The molecule has 1 aliphatic rings. The summed E-state index contributed by atoms with van der Waals surface area (Å²) in [5.74, 6) is 1.03. The molecule has 22 heavy (non-hydrogen) atoms. The molecule has 0 radical (unpaired) electrons. The molecule has 3 rings (SSSR count). The fourth-order valence-electron chi connectivity index (χ4n) is 2.30. The van der Waals surface area contributed by atoms with Crippen molar-refractivity contribution in [2.24, 2.45) is 13.0 Å². The second-order valence-corrected chi connectivity index (χ2v) is 5.37. The maximum Gasteiger partial charge on any atom is 0.258 e. The van der Waals surface area contributed by atoms with Crippen LogP contribution in [0.15, 0.2) is 30.6 Å². The fourth-order valence-corrected chi connectivity index (χ4v) is 2.30. The van der Waals surface area contributed by atoms with Crippen LogP contribution in [-0.4, -0.2) is 27.3 Å². The Morgan fingerprint density at radius 1 is 1.45 bits per heavy atom. The number of nitrogens with one attached hydrogen (secondary N) is 1. The number of carbonyl (C=O) groups excluding carboxylic acids is 1. The van der Waals surface area contributed by atoms with Crippen molar-refractivity contribution in [3.05, 3.63) is 42.2 Å². The van der Waals surface area contributed by atoms with Crippen LogP contribution in [0.2, 0.25) is 0 Å². The van der Waals surface area contributed by atoms with Crippen LogP contribution in [0.5, 0.6) is 5.75 Å². The zero-order valence-electron chi connectivity index (χ0n) is 12.2. The van der Waals surface area contributed by atoms with E-state index in [1.807, 2.05) is 0 Å². The average Bonchev–Trinajstić information content (AvgIpc) is 3.26. The molecule has 1 aromatic heterocycles. The van der Waals surface area contributed by atoms with Crippen LogP contribution >= 0.6 is 0 Å². The summed E-state index contributed by atoms with van der Waals surface area (Å²) in [6.07, 6.45) is 3.61. The summed E-state index contributed by atoms with van der Waals surface area (Å²) in [5, 5.41) is 6.99. The maximum absolute atomic E-state index is 12.8. The van der Waals surface area contributed by atoms with Gasteiger partial charge in [0.1, 0.15) is 23.7 Å². The van der Waals surface area contributed by atoms with Gasteiger partial charge in [0.2, 0.25) is 0 Å². The van der Waals surface area contributed by atoms with E-state index in [9.17, 15) is 9.18 Å². The number of carbonyl (C=O) groups is 1. The van der Waals surface area contributed by atoms with Crippen molar-refractivity contribution in [3.63, 3.8) is 0 Å². The molecule has 1 fully saturated rings. The Morgan fingerprint density at radius 2 is 2.18 bits per heavy atom. The molecule has 1 saturated carbocycles. The van der Waals surface area contributed by atoms with E-state index in [1.54, 1.807) is 11.7 Å². The quantitative estimate of drug-likeness (QED) is 0.880. The largest absolute Gasteiger partial charge is 0.484 e. The first-order valence-corrected chi connectivity index (χ1v) is 7.15. The third-order valence-corrected chi connectivity index (χ3v) is 3.62. The van der Waals surface area contributed by atoms with Crippen molar-refractivity contribution in [1.82, 2.24) is 20.1 Å². The SMILES string of the molecule is Cn1ncnc1C(NC(=O)COc1ccc(F)cc1)C1CC1. The molecule has 7 heteroatoms.